The van der Waals surface area contributed by atoms with E-state index in [1.807, 2.05) is 51.1 Å². The van der Waals surface area contributed by atoms with Gasteiger partial charge >= 0.3 is 0 Å². The second-order valence-corrected chi connectivity index (χ2v) is 9.02. The van der Waals surface area contributed by atoms with Crippen molar-refractivity contribution >= 4 is 17.2 Å². The number of rotatable bonds is 7. The fourth-order valence-corrected chi connectivity index (χ4v) is 4.42. The highest BCUT2D eigenvalue weighted by Crippen LogP contribution is 2.31. The van der Waals surface area contributed by atoms with Crippen LogP contribution in [-0.4, -0.2) is 40.0 Å². The van der Waals surface area contributed by atoms with Crippen molar-refractivity contribution in [2.75, 3.05) is 13.6 Å². The van der Waals surface area contributed by atoms with Crippen molar-refractivity contribution in [1.29, 1.82) is 0 Å². The summed E-state index contributed by atoms with van der Waals surface area (Å²) in [6.45, 7) is 10.7. The van der Waals surface area contributed by atoms with Crippen LogP contribution in [0.4, 0.5) is 4.39 Å². The highest BCUT2D eigenvalue weighted by atomic mass is 32.1. The summed E-state index contributed by atoms with van der Waals surface area (Å²) >= 11 is 1.58. The summed E-state index contributed by atoms with van der Waals surface area (Å²) in [5, 5.41) is 5.90. The molecule has 0 saturated carbocycles. The van der Waals surface area contributed by atoms with Crippen molar-refractivity contribution in [3.63, 3.8) is 0 Å². The predicted molar refractivity (Wildman–Crippen MR) is 121 cm³/mol. The predicted octanol–water partition coefficient (Wildman–Crippen LogP) is 4.62. The third-order valence-electron chi connectivity index (χ3n) is 4.94. The first kappa shape index (κ1) is 22.2. The average molecular weight is 429 g/mol. The lowest BCUT2D eigenvalue weighted by atomic mass is 10.2. The lowest BCUT2D eigenvalue weighted by Gasteiger charge is -2.16. The van der Waals surface area contributed by atoms with E-state index in [0.717, 1.165) is 33.3 Å². The van der Waals surface area contributed by atoms with Crippen LogP contribution in [0.25, 0.3) is 16.9 Å². The summed E-state index contributed by atoms with van der Waals surface area (Å²) in [6.07, 6.45) is 0. The average Bonchev–Trinajstić information content (AvgIpc) is 3.20. The monoisotopic (exact) mass is 428 g/mol. The number of hydrogen-bond donors (Lipinski definition) is 1. The first-order chi connectivity index (χ1) is 14.2. The van der Waals surface area contributed by atoms with Crippen LogP contribution < -0.4 is 5.32 Å². The molecule has 160 valence electrons. The molecule has 30 heavy (non-hydrogen) atoms. The smallest absolute Gasteiger partial charge is 0.234 e. The first-order valence-electron chi connectivity index (χ1n) is 10.0. The molecule has 0 bridgehead atoms. The van der Waals surface area contributed by atoms with Gasteiger partial charge in [-0.25, -0.2) is 9.37 Å². The number of halogens is 1. The molecule has 0 radical (unpaired) electrons. The Bertz CT molecular complexity index is 1050. The Morgan fingerprint density at radius 3 is 2.67 bits per heavy atom. The largest absolute Gasteiger partial charge is 0.353 e. The molecular formula is C23H29FN4OS. The second kappa shape index (κ2) is 9.10. The van der Waals surface area contributed by atoms with Gasteiger partial charge in [-0.2, -0.15) is 0 Å². The van der Waals surface area contributed by atoms with Gasteiger partial charge in [-0.05, 0) is 65.4 Å². The number of amides is 1. The Balaban J connectivity index is 1.79. The van der Waals surface area contributed by atoms with Gasteiger partial charge in [-0.15, -0.1) is 11.3 Å². The zero-order valence-corrected chi connectivity index (χ0v) is 19.2. The second-order valence-electron chi connectivity index (χ2n) is 8.07. The minimum atomic E-state index is -0.206. The Labute approximate surface area is 181 Å². The van der Waals surface area contributed by atoms with Crippen LogP contribution >= 0.6 is 11.3 Å². The minimum absolute atomic E-state index is 0.0122. The van der Waals surface area contributed by atoms with E-state index >= 15 is 0 Å². The SMILES string of the molecule is Cc1ccc(-n2c(C)cc(-c3csc(CN(C)CC(=O)NC(C)C)n3)c2C)cc1F. The Kier molecular flexibility index (Phi) is 6.73. The van der Waals surface area contributed by atoms with Crippen molar-refractivity contribution in [2.24, 2.45) is 0 Å². The van der Waals surface area contributed by atoms with Crippen molar-refractivity contribution in [2.45, 2.75) is 47.2 Å². The maximum Gasteiger partial charge on any atom is 0.234 e. The summed E-state index contributed by atoms with van der Waals surface area (Å²) in [6, 6.07) is 7.53. The maximum atomic E-state index is 14.1. The third-order valence-corrected chi connectivity index (χ3v) is 5.77. The highest BCUT2D eigenvalue weighted by molar-refractivity contribution is 7.09. The Morgan fingerprint density at radius 1 is 1.27 bits per heavy atom. The van der Waals surface area contributed by atoms with Crippen molar-refractivity contribution < 1.29 is 9.18 Å². The van der Waals surface area contributed by atoms with E-state index in [0.29, 0.717) is 18.7 Å². The number of aromatic nitrogens is 2. The molecule has 0 aliphatic rings. The number of carbonyl (C=O) groups excluding carboxylic acids is 1. The Hall–Kier alpha value is -2.51. The number of benzene rings is 1. The number of thiazole rings is 1. The van der Waals surface area contributed by atoms with Crippen LogP contribution in [0.2, 0.25) is 0 Å². The fourth-order valence-electron chi connectivity index (χ4n) is 3.55. The number of carbonyl (C=O) groups is 1. The zero-order chi connectivity index (χ0) is 22.0. The molecule has 0 aliphatic carbocycles. The molecule has 1 N–H and O–H groups in total. The van der Waals surface area contributed by atoms with E-state index in [4.69, 9.17) is 4.98 Å². The lowest BCUT2D eigenvalue weighted by molar-refractivity contribution is -0.122. The molecule has 0 unspecified atom stereocenters. The number of nitrogens with zero attached hydrogens (tertiary/aromatic N) is 3. The van der Waals surface area contributed by atoms with Crippen molar-refractivity contribution in [3.05, 3.63) is 57.4 Å². The standard InChI is InChI=1S/C23H29FN4OS/c1-14(2)25-22(29)11-27(6)12-23-26-21(13-30-23)19-9-16(4)28(17(19)5)18-8-7-15(3)20(24)10-18/h7-10,13-14H,11-12H2,1-6H3,(H,25,29). The molecule has 1 aromatic carbocycles. The molecule has 2 aromatic heterocycles. The van der Waals surface area contributed by atoms with Crippen LogP contribution in [0.15, 0.2) is 29.6 Å². The molecule has 2 heterocycles. The van der Waals surface area contributed by atoms with E-state index in [9.17, 15) is 9.18 Å². The van der Waals surface area contributed by atoms with Crippen LogP contribution in [0.5, 0.6) is 0 Å². The molecule has 1 amide bonds. The first-order valence-corrected chi connectivity index (χ1v) is 10.9. The third kappa shape index (κ3) is 4.96. The normalized spacial score (nSPS) is 11.5. The van der Waals surface area contributed by atoms with E-state index in [-0.39, 0.29) is 17.8 Å². The van der Waals surface area contributed by atoms with Crippen molar-refractivity contribution in [3.8, 4) is 16.9 Å². The van der Waals surface area contributed by atoms with E-state index in [1.165, 1.54) is 0 Å². The topological polar surface area (TPSA) is 50.2 Å². The molecular weight excluding hydrogens is 399 g/mol. The van der Waals surface area contributed by atoms with Gasteiger partial charge in [0, 0.05) is 34.1 Å². The van der Waals surface area contributed by atoms with Crippen LogP contribution in [-0.2, 0) is 11.3 Å². The van der Waals surface area contributed by atoms with Gasteiger partial charge in [0.2, 0.25) is 5.91 Å². The number of nitrogens with one attached hydrogen (secondary N) is 1. The quantitative estimate of drug-likeness (QED) is 0.597. The van der Waals surface area contributed by atoms with Gasteiger partial charge in [-0.3, -0.25) is 9.69 Å². The zero-order valence-electron chi connectivity index (χ0n) is 18.4. The summed E-state index contributed by atoms with van der Waals surface area (Å²) < 4.78 is 16.1. The number of likely N-dealkylation sites (N-methyl/N-ethyl adjacent to an activating group) is 1. The van der Waals surface area contributed by atoms with Crippen LogP contribution in [0.1, 0.15) is 35.8 Å². The molecule has 0 spiro atoms. The van der Waals surface area contributed by atoms with Gasteiger partial charge in [0.25, 0.3) is 0 Å². The van der Waals surface area contributed by atoms with Gasteiger partial charge in [0.05, 0.1) is 18.8 Å². The summed E-state index contributed by atoms with van der Waals surface area (Å²) in [5.41, 5.74) is 5.45. The van der Waals surface area contributed by atoms with Gasteiger partial charge in [0.15, 0.2) is 0 Å². The molecule has 3 rings (SSSR count). The maximum absolute atomic E-state index is 14.1. The van der Waals surface area contributed by atoms with Crippen molar-refractivity contribution in [1.82, 2.24) is 19.8 Å². The lowest BCUT2D eigenvalue weighted by Crippen LogP contribution is -2.38. The summed E-state index contributed by atoms with van der Waals surface area (Å²) in [7, 11) is 1.92. The van der Waals surface area contributed by atoms with E-state index < -0.39 is 0 Å². The molecule has 7 heteroatoms. The summed E-state index contributed by atoms with van der Waals surface area (Å²) in [5.74, 6) is -0.194. The molecule has 5 nitrogen and oxygen atoms in total. The van der Waals surface area contributed by atoms with Crippen LogP contribution in [0, 0.1) is 26.6 Å². The van der Waals surface area contributed by atoms with E-state index in [1.54, 1.807) is 30.4 Å². The fraction of sp³-hybridized carbons (Fsp3) is 0.391. The van der Waals surface area contributed by atoms with Crippen LogP contribution in [0.3, 0.4) is 0 Å². The molecule has 0 saturated heterocycles. The number of aryl methyl sites for hydroxylation is 2. The van der Waals surface area contributed by atoms with E-state index in [2.05, 4.69) is 16.0 Å². The highest BCUT2D eigenvalue weighted by Gasteiger charge is 2.16. The summed E-state index contributed by atoms with van der Waals surface area (Å²) in [4.78, 5) is 18.7. The van der Waals surface area contributed by atoms with Gasteiger partial charge in [-0.1, -0.05) is 6.07 Å². The molecule has 0 atom stereocenters. The van der Waals surface area contributed by atoms with Gasteiger partial charge < -0.3 is 9.88 Å². The molecule has 0 fully saturated rings. The minimum Gasteiger partial charge on any atom is -0.353 e. The van der Waals surface area contributed by atoms with Gasteiger partial charge in [0.1, 0.15) is 10.8 Å². The Morgan fingerprint density at radius 2 is 2.00 bits per heavy atom. The molecule has 3 aromatic rings. The number of hydrogen-bond acceptors (Lipinski definition) is 4. The molecule has 0 aliphatic heterocycles.